The van der Waals surface area contributed by atoms with Gasteiger partial charge in [0.15, 0.2) is 0 Å². The summed E-state index contributed by atoms with van der Waals surface area (Å²) >= 11 is 0.721. The van der Waals surface area contributed by atoms with E-state index >= 15 is 0 Å². The highest BCUT2D eigenvalue weighted by Gasteiger charge is 2.25. The van der Waals surface area contributed by atoms with Crippen molar-refractivity contribution < 1.29 is 24.0 Å². The molecule has 1 fully saturated rings. The predicted octanol–water partition coefficient (Wildman–Crippen LogP) is 1.89. The number of carbonyl (C=O) groups excluding carboxylic acids is 3. The highest BCUT2D eigenvalue weighted by atomic mass is 32.2. The van der Waals surface area contributed by atoms with E-state index in [1.54, 1.807) is 6.92 Å². The first-order valence-electron chi connectivity index (χ1n) is 6.83. The SMILES string of the molecule is CCOC(=O)CNc1ccc(/C=C2\SC(=O)NC2=O)cc1[N+](=O)[O-]. The monoisotopic (exact) mass is 351 g/mol. The number of benzene rings is 1. The lowest BCUT2D eigenvalue weighted by Crippen LogP contribution is -2.17. The lowest BCUT2D eigenvalue weighted by Gasteiger charge is -2.07. The lowest BCUT2D eigenvalue weighted by atomic mass is 10.1. The first-order chi connectivity index (χ1) is 11.4. The van der Waals surface area contributed by atoms with Crippen molar-refractivity contribution in [3.05, 3.63) is 38.8 Å². The van der Waals surface area contributed by atoms with Crippen LogP contribution in [0.1, 0.15) is 12.5 Å². The maximum atomic E-state index is 11.5. The smallest absolute Gasteiger partial charge is 0.325 e. The molecule has 0 aliphatic carbocycles. The number of hydrogen-bond donors (Lipinski definition) is 2. The topological polar surface area (TPSA) is 128 Å². The number of hydrogen-bond acceptors (Lipinski definition) is 8. The number of carbonyl (C=O) groups is 3. The average Bonchev–Trinajstić information content (AvgIpc) is 2.83. The van der Waals surface area contributed by atoms with Crippen molar-refractivity contribution in [2.45, 2.75) is 6.92 Å². The standard InChI is InChI=1S/C14H13N3O6S/c1-2-23-12(18)7-15-9-4-3-8(5-10(9)17(21)22)6-11-13(19)16-14(20)24-11/h3-6,15H,2,7H2,1H3,(H,16,19,20)/b11-6-. The molecule has 0 atom stereocenters. The molecule has 1 saturated heterocycles. The van der Waals surface area contributed by atoms with Gasteiger partial charge in [-0.3, -0.25) is 29.8 Å². The van der Waals surface area contributed by atoms with E-state index in [0.717, 1.165) is 11.8 Å². The summed E-state index contributed by atoms with van der Waals surface area (Å²) in [5.41, 5.74) is 0.272. The Hall–Kier alpha value is -2.88. The predicted molar refractivity (Wildman–Crippen MR) is 87.3 cm³/mol. The summed E-state index contributed by atoms with van der Waals surface area (Å²) in [5, 5.41) is 15.4. The number of nitro groups is 1. The number of nitrogens with one attached hydrogen (secondary N) is 2. The van der Waals surface area contributed by atoms with Crippen LogP contribution in [-0.2, 0) is 14.3 Å². The number of imide groups is 1. The van der Waals surface area contributed by atoms with E-state index in [1.807, 2.05) is 0 Å². The molecule has 2 N–H and O–H groups in total. The van der Waals surface area contributed by atoms with Gasteiger partial charge in [0.1, 0.15) is 12.2 Å². The van der Waals surface area contributed by atoms with E-state index < -0.39 is 22.0 Å². The maximum absolute atomic E-state index is 11.5. The number of anilines is 1. The summed E-state index contributed by atoms with van der Waals surface area (Å²) < 4.78 is 4.74. The van der Waals surface area contributed by atoms with Crippen LogP contribution in [0.4, 0.5) is 16.2 Å². The molecule has 1 aliphatic rings. The van der Waals surface area contributed by atoms with Crippen LogP contribution < -0.4 is 10.6 Å². The van der Waals surface area contributed by atoms with Gasteiger partial charge in [0.2, 0.25) is 0 Å². The lowest BCUT2D eigenvalue weighted by molar-refractivity contribution is -0.384. The zero-order valence-electron chi connectivity index (χ0n) is 12.5. The molecular weight excluding hydrogens is 338 g/mol. The molecule has 1 heterocycles. The van der Waals surface area contributed by atoms with Gasteiger partial charge in [-0.2, -0.15) is 0 Å². The highest BCUT2D eigenvalue weighted by molar-refractivity contribution is 8.18. The van der Waals surface area contributed by atoms with Crippen LogP contribution in [0.3, 0.4) is 0 Å². The van der Waals surface area contributed by atoms with Gasteiger partial charge in [0.05, 0.1) is 16.4 Å². The molecule has 0 spiro atoms. The Bertz CT molecular complexity index is 746. The fourth-order valence-electron chi connectivity index (χ4n) is 1.89. The Morgan fingerprint density at radius 2 is 2.21 bits per heavy atom. The molecule has 1 aliphatic heterocycles. The van der Waals surface area contributed by atoms with Crippen LogP contribution in [0.5, 0.6) is 0 Å². The Kier molecular flexibility index (Phi) is 5.53. The second kappa shape index (κ2) is 7.59. The zero-order valence-corrected chi connectivity index (χ0v) is 13.3. The molecule has 1 aromatic carbocycles. The zero-order chi connectivity index (χ0) is 17.7. The van der Waals surface area contributed by atoms with E-state index in [2.05, 4.69) is 10.6 Å². The number of rotatable bonds is 6. The normalized spacial score (nSPS) is 15.3. The second-order valence-electron chi connectivity index (χ2n) is 4.54. The number of ether oxygens (including phenoxy) is 1. The molecule has 0 radical (unpaired) electrons. The molecule has 0 bridgehead atoms. The fraction of sp³-hybridized carbons (Fsp3) is 0.214. The molecule has 24 heavy (non-hydrogen) atoms. The van der Waals surface area contributed by atoms with Crippen LogP contribution >= 0.6 is 11.8 Å². The van der Waals surface area contributed by atoms with Crippen molar-refractivity contribution in [3.8, 4) is 0 Å². The van der Waals surface area contributed by atoms with E-state index in [-0.39, 0.29) is 29.4 Å². The third-order valence-electron chi connectivity index (χ3n) is 2.89. The van der Waals surface area contributed by atoms with E-state index in [1.165, 1.54) is 24.3 Å². The summed E-state index contributed by atoms with van der Waals surface area (Å²) in [6, 6.07) is 4.20. The van der Waals surface area contributed by atoms with Gasteiger partial charge in [-0.1, -0.05) is 6.07 Å². The third kappa shape index (κ3) is 4.32. The van der Waals surface area contributed by atoms with Crippen molar-refractivity contribution in [2.75, 3.05) is 18.5 Å². The molecule has 10 heteroatoms. The summed E-state index contributed by atoms with van der Waals surface area (Å²) in [6.07, 6.45) is 1.38. The van der Waals surface area contributed by atoms with Gasteiger partial charge in [-0.05, 0) is 36.4 Å². The minimum atomic E-state index is -0.609. The molecule has 0 saturated carbocycles. The molecule has 9 nitrogen and oxygen atoms in total. The number of nitrogens with zero attached hydrogens (tertiary/aromatic N) is 1. The summed E-state index contributed by atoms with van der Waals surface area (Å²) in [7, 11) is 0. The molecule has 1 aromatic rings. The molecule has 126 valence electrons. The van der Waals surface area contributed by atoms with Gasteiger partial charge in [-0.25, -0.2) is 0 Å². The van der Waals surface area contributed by atoms with E-state index in [9.17, 15) is 24.5 Å². The van der Waals surface area contributed by atoms with Crippen molar-refractivity contribution in [2.24, 2.45) is 0 Å². The first-order valence-corrected chi connectivity index (χ1v) is 7.65. The van der Waals surface area contributed by atoms with Crippen LogP contribution in [0, 0.1) is 10.1 Å². The van der Waals surface area contributed by atoms with E-state index in [4.69, 9.17) is 4.74 Å². The Labute approximate surface area is 140 Å². The summed E-state index contributed by atoms with van der Waals surface area (Å²) in [6.45, 7) is 1.67. The summed E-state index contributed by atoms with van der Waals surface area (Å²) in [4.78, 5) is 44.7. The molecule has 2 amide bonds. The number of esters is 1. The third-order valence-corrected chi connectivity index (χ3v) is 3.70. The maximum Gasteiger partial charge on any atom is 0.325 e. The van der Waals surface area contributed by atoms with Gasteiger partial charge >= 0.3 is 5.97 Å². The quantitative estimate of drug-likeness (QED) is 0.344. The minimum absolute atomic E-state index is 0.148. The molecule has 2 rings (SSSR count). The largest absolute Gasteiger partial charge is 0.465 e. The minimum Gasteiger partial charge on any atom is -0.465 e. The van der Waals surface area contributed by atoms with Crippen LogP contribution in [-0.4, -0.2) is 35.2 Å². The highest BCUT2D eigenvalue weighted by Crippen LogP contribution is 2.30. The average molecular weight is 351 g/mol. The van der Waals surface area contributed by atoms with Crippen LogP contribution in [0.25, 0.3) is 6.08 Å². The molecule has 0 aromatic heterocycles. The van der Waals surface area contributed by atoms with Gasteiger partial charge in [0, 0.05) is 6.07 Å². The Morgan fingerprint density at radius 3 is 2.79 bits per heavy atom. The van der Waals surface area contributed by atoms with Crippen molar-refractivity contribution >= 4 is 46.3 Å². The first kappa shape index (κ1) is 17.5. The fourth-order valence-corrected chi connectivity index (χ4v) is 2.57. The number of amides is 2. The molecular formula is C14H13N3O6S. The Balaban J connectivity index is 2.22. The van der Waals surface area contributed by atoms with Gasteiger partial charge in [0.25, 0.3) is 16.8 Å². The van der Waals surface area contributed by atoms with Crippen LogP contribution in [0.2, 0.25) is 0 Å². The van der Waals surface area contributed by atoms with Crippen molar-refractivity contribution in [1.82, 2.24) is 5.32 Å². The van der Waals surface area contributed by atoms with Gasteiger partial charge in [-0.15, -0.1) is 0 Å². The van der Waals surface area contributed by atoms with Gasteiger partial charge < -0.3 is 10.1 Å². The molecule has 0 unspecified atom stereocenters. The van der Waals surface area contributed by atoms with Crippen molar-refractivity contribution in [3.63, 3.8) is 0 Å². The summed E-state index contributed by atoms with van der Waals surface area (Å²) in [5.74, 6) is -1.08. The Morgan fingerprint density at radius 1 is 1.46 bits per heavy atom. The second-order valence-corrected chi connectivity index (χ2v) is 5.56. The van der Waals surface area contributed by atoms with Crippen molar-refractivity contribution in [1.29, 1.82) is 0 Å². The van der Waals surface area contributed by atoms with Crippen LogP contribution in [0.15, 0.2) is 23.1 Å². The number of thioether (sulfide) groups is 1. The number of nitro benzene ring substituents is 1. The van der Waals surface area contributed by atoms with E-state index in [0.29, 0.717) is 5.56 Å².